The number of carbonyl (C=O) groups excluding carboxylic acids is 1. The third-order valence-electron chi connectivity index (χ3n) is 6.22. The predicted molar refractivity (Wildman–Crippen MR) is 137 cm³/mol. The number of halogens is 1. The number of aromatic nitrogens is 1. The average Bonchev–Trinajstić information content (AvgIpc) is 2.90. The number of hydrogen-bond acceptors (Lipinski definition) is 6. The van der Waals surface area contributed by atoms with Gasteiger partial charge in [0.25, 0.3) is 0 Å². The summed E-state index contributed by atoms with van der Waals surface area (Å²) in [6.45, 7) is 0. The number of nitrogens with zero attached hydrogens (tertiary/aromatic N) is 2. The van der Waals surface area contributed by atoms with Crippen molar-refractivity contribution in [2.75, 3.05) is 10.7 Å². The summed E-state index contributed by atoms with van der Waals surface area (Å²) in [7, 11) is 0. The monoisotopic (exact) mass is 502 g/mol. The minimum atomic E-state index is -0.870. The van der Waals surface area contributed by atoms with Gasteiger partial charge < -0.3 is 20.2 Å². The fourth-order valence-corrected chi connectivity index (χ4v) is 5.58. The number of phenolic OH excluding ortho intramolecular Hbond substituents is 2. The number of hydrogen-bond donors (Lipinski definition) is 3. The lowest BCUT2D eigenvalue weighted by molar-refractivity contribution is -0.123. The first-order chi connectivity index (χ1) is 17.4. The van der Waals surface area contributed by atoms with Crippen LogP contribution in [0.15, 0.2) is 91.3 Å². The summed E-state index contributed by atoms with van der Waals surface area (Å²) < 4.78 is 13.2. The van der Waals surface area contributed by atoms with E-state index in [9.17, 15) is 24.5 Å². The lowest BCUT2D eigenvalue weighted by Gasteiger charge is -2.47. The highest BCUT2D eigenvalue weighted by Gasteiger charge is 2.49. The molecule has 0 spiro atoms. The van der Waals surface area contributed by atoms with Crippen LogP contribution in [0.4, 0.5) is 10.1 Å². The van der Waals surface area contributed by atoms with Crippen LogP contribution in [0.1, 0.15) is 23.3 Å². The van der Waals surface area contributed by atoms with Crippen LogP contribution in [0.2, 0.25) is 0 Å². The van der Waals surface area contributed by atoms with Crippen LogP contribution in [0.3, 0.4) is 0 Å². The topological polar surface area (TPSA) is 93.9 Å². The fourth-order valence-electron chi connectivity index (χ4n) is 4.29. The molecule has 1 aliphatic rings. The Hall–Kier alpha value is -3.88. The van der Waals surface area contributed by atoms with Gasteiger partial charge in [-0.2, -0.15) is 0 Å². The van der Waals surface area contributed by atoms with Gasteiger partial charge in [-0.1, -0.05) is 36.4 Å². The molecule has 3 aromatic carbocycles. The van der Waals surface area contributed by atoms with E-state index in [1.54, 1.807) is 23.4 Å². The summed E-state index contributed by atoms with van der Waals surface area (Å²) in [4.78, 5) is 19.1. The van der Waals surface area contributed by atoms with Crippen LogP contribution in [-0.2, 0) is 4.79 Å². The molecule has 3 N–H and O–H groups in total. The van der Waals surface area contributed by atoms with Crippen molar-refractivity contribution in [3.05, 3.63) is 108 Å². The van der Waals surface area contributed by atoms with E-state index in [0.717, 1.165) is 11.1 Å². The summed E-state index contributed by atoms with van der Waals surface area (Å²) >= 11 is 1.30. The number of β-lactam (4-membered cyclic amide) rings is 1. The summed E-state index contributed by atoms with van der Waals surface area (Å²) in [5, 5.41) is 29.9. The first kappa shape index (κ1) is 23.8. The Kier molecular flexibility index (Phi) is 6.63. The minimum absolute atomic E-state index is 0.127. The zero-order valence-electron chi connectivity index (χ0n) is 19.0. The number of aliphatic hydroxyl groups is 1. The second-order valence-corrected chi connectivity index (χ2v) is 9.69. The number of phenols is 2. The summed E-state index contributed by atoms with van der Waals surface area (Å²) in [5.74, 6) is -0.791. The highest BCUT2D eigenvalue weighted by molar-refractivity contribution is 8.00. The third kappa shape index (κ3) is 4.65. The van der Waals surface area contributed by atoms with Gasteiger partial charge in [0.1, 0.15) is 11.1 Å². The second-order valence-electron chi connectivity index (χ2n) is 8.51. The Bertz CT molecular complexity index is 1370. The maximum Gasteiger partial charge on any atom is 0.243 e. The van der Waals surface area contributed by atoms with Gasteiger partial charge in [0.05, 0.1) is 12.1 Å². The van der Waals surface area contributed by atoms with Crippen LogP contribution in [-0.4, -0.2) is 37.2 Å². The summed E-state index contributed by atoms with van der Waals surface area (Å²) in [6.07, 6.45) is 2.61. The fraction of sp³-hybridized carbons (Fsp3) is 0.143. The first-order valence-electron chi connectivity index (χ1n) is 11.3. The van der Waals surface area contributed by atoms with E-state index in [-0.39, 0.29) is 29.0 Å². The molecule has 8 heteroatoms. The highest BCUT2D eigenvalue weighted by Crippen LogP contribution is 2.47. The molecule has 1 aromatic heterocycles. The smallest absolute Gasteiger partial charge is 0.243 e. The Morgan fingerprint density at radius 3 is 2.36 bits per heavy atom. The van der Waals surface area contributed by atoms with Crippen molar-refractivity contribution in [1.82, 2.24) is 4.98 Å². The number of pyridine rings is 1. The van der Waals surface area contributed by atoms with Crippen molar-refractivity contribution >= 4 is 23.4 Å². The molecule has 1 saturated heterocycles. The van der Waals surface area contributed by atoms with E-state index in [0.29, 0.717) is 16.8 Å². The standard InChI is InChI=1S/C28H23FN2O4S/c29-21-8-3-18(4-9-21)25(34)16-36-27-26(19-7-12-23(32)24(33)14-19)31(28(27)35)22-10-5-17(6-11-22)20-2-1-13-30-15-20/h1-15,25-27,32-34H,16H2/t25-,26-,27-/m1/s1. The molecule has 0 saturated carbocycles. The van der Waals surface area contributed by atoms with E-state index in [1.165, 1.54) is 48.2 Å². The Morgan fingerprint density at radius 2 is 1.69 bits per heavy atom. The zero-order chi connectivity index (χ0) is 25.2. The quantitative estimate of drug-likeness (QED) is 0.237. The predicted octanol–water partition coefficient (Wildman–Crippen LogP) is 5.22. The average molecular weight is 503 g/mol. The molecule has 0 radical (unpaired) electrons. The van der Waals surface area contributed by atoms with Crippen LogP contribution >= 0.6 is 11.8 Å². The maximum absolute atomic E-state index is 13.3. The Morgan fingerprint density at radius 1 is 0.944 bits per heavy atom. The zero-order valence-corrected chi connectivity index (χ0v) is 19.8. The molecular weight excluding hydrogens is 479 g/mol. The lowest BCUT2D eigenvalue weighted by atomic mass is 9.91. The van der Waals surface area contributed by atoms with E-state index < -0.39 is 17.4 Å². The van der Waals surface area contributed by atoms with Crippen molar-refractivity contribution in [2.45, 2.75) is 17.4 Å². The van der Waals surface area contributed by atoms with Crippen molar-refractivity contribution in [3.63, 3.8) is 0 Å². The molecule has 4 aromatic rings. The van der Waals surface area contributed by atoms with E-state index in [1.807, 2.05) is 36.4 Å². The molecule has 3 atom stereocenters. The van der Waals surface area contributed by atoms with Gasteiger partial charge in [0.15, 0.2) is 11.5 Å². The maximum atomic E-state index is 13.3. The second kappa shape index (κ2) is 10.0. The van der Waals surface area contributed by atoms with Crippen molar-refractivity contribution < 1.29 is 24.5 Å². The molecule has 1 amide bonds. The Balaban J connectivity index is 1.39. The molecule has 5 rings (SSSR count). The van der Waals surface area contributed by atoms with Crippen LogP contribution < -0.4 is 4.90 Å². The molecule has 0 unspecified atom stereocenters. The molecular formula is C28H23FN2O4S. The van der Waals surface area contributed by atoms with E-state index >= 15 is 0 Å². The molecule has 2 heterocycles. The van der Waals surface area contributed by atoms with Gasteiger partial charge in [-0.15, -0.1) is 11.8 Å². The van der Waals surface area contributed by atoms with Crippen molar-refractivity contribution in [3.8, 4) is 22.6 Å². The lowest BCUT2D eigenvalue weighted by Crippen LogP contribution is -2.57. The number of benzene rings is 3. The van der Waals surface area contributed by atoms with E-state index in [4.69, 9.17) is 0 Å². The third-order valence-corrected chi connectivity index (χ3v) is 7.54. The number of aliphatic hydroxyl groups excluding tert-OH is 1. The number of rotatable bonds is 7. The normalized spacial score (nSPS) is 18.1. The molecule has 1 fully saturated rings. The van der Waals surface area contributed by atoms with Crippen molar-refractivity contribution in [1.29, 1.82) is 0 Å². The molecule has 1 aliphatic heterocycles. The molecule has 0 bridgehead atoms. The van der Waals surface area contributed by atoms with Crippen molar-refractivity contribution in [2.24, 2.45) is 0 Å². The van der Waals surface area contributed by atoms with Crippen LogP contribution in [0.5, 0.6) is 11.5 Å². The summed E-state index contributed by atoms with van der Waals surface area (Å²) in [5.41, 5.74) is 3.85. The number of anilines is 1. The molecule has 6 nitrogen and oxygen atoms in total. The summed E-state index contributed by atoms with van der Waals surface area (Å²) in [6, 6.07) is 21.1. The number of aromatic hydroxyl groups is 2. The number of thioether (sulfide) groups is 1. The van der Waals surface area contributed by atoms with Gasteiger partial charge in [-0.05, 0) is 64.7 Å². The van der Waals surface area contributed by atoms with E-state index in [2.05, 4.69) is 4.98 Å². The van der Waals surface area contributed by atoms with Gasteiger partial charge >= 0.3 is 0 Å². The van der Waals surface area contributed by atoms with Gasteiger partial charge in [-0.3, -0.25) is 9.78 Å². The van der Waals surface area contributed by atoms with Gasteiger partial charge in [0.2, 0.25) is 5.91 Å². The first-order valence-corrected chi connectivity index (χ1v) is 12.4. The molecule has 182 valence electrons. The Labute approximate surface area is 211 Å². The highest BCUT2D eigenvalue weighted by atomic mass is 32.2. The van der Waals surface area contributed by atoms with Gasteiger partial charge in [0, 0.05) is 23.8 Å². The SMILES string of the molecule is O=C1[C@H](SC[C@@H](O)c2ccc(F)cc2)[C@@H](c2ccc(O)c(O)c2)N1c1ccc(-c2cccnc2)cc1. The number of carbonyl (C=O) groups is 1. The molecule has 36 heavy (non-hydrogen) atoms. The molecule has 0 aliphatic carbocycles. The minimum Gasteiger partial charge on any atom is -0.504 e. The van der Waals surface area contributed by atoms with Gasteiger partial charge in [-0.25, -0.2) is 4.39 Å². The number of amides is 1. The largest absolute Gasteiger partial charge is 0.504 e. The van der Waals surface area contributed by atoms with Crippen LogP contribution in [0, 0.1) is 5.82 Å². The van der Waals surface area contributed by atoms with Crippen LogP contribution in [0.25, 0.3) is 11.1 Å².